The van der Waals surface area contributed by atoms with Gasteiger partial charge in [-0.1, -0.05) is 48.0 Å². The highest BCUT2D eigenvalue weighted by molar-refractivity contribution is 6.46. The summed E-state index contributed by atoms with van der Waals surface area (Å²) in [4.78, 5) is 31.6. The van der Waals surface area contributed by atoms with Crippen molar-refractivity contribution in [1.82, 2.24) is 9.88 Å². The number of aromatic nitrogens is 1. The molecule has 31 heavy (non-hydrogen) atoms. The van der Waals surface area contributed by atoms with Crippen molar-refractivity contribution in [3.05, 3.63) is 101 Å². The molecule has 1 saturated heterocycles. The third-order valence-corrected chi connectivity index (χ3v) is 5.37. The van der Waals surface area contributed by atoms with E-state index in [4.69, 9.17) is 4.74 Å². The van der Waals surface area contributed by atoms with E-state index in [0.717, 1.165) is 11.1 Å². The van der Waals surface area contributed by atoms with Crippen LogP contribution >= 0.6 is 0 Å². The van der Waals surface area contributed by atoms with Crippen LogP contribution in [0.1, 0.15) is 28.3 Å². The van der Waals surface area contributed by atoms with Gasteiger partial charge in [-0.15, -0.1) is 0 Å². The number of ether oxygens (including phenoxy) is 1. The number of ketones is 1. The Morgan fingerprint density at radius 1 is 1.06 bits per heavy atom. The molecule has 1 unspecified atom stereocenters. The molecule has 0 radical (unpaired) electrons. The number of aliphatic hydroxyl groups is 1. The van der Waals surface area contributed by atoms with Crippen LogP contribution in [0.2, 0.25) is 0 Å². The predicted octanol–water partition coefficient (Wildman–Crippen LogP) is 4.02. The first-order valence-corrected chi connectivity index (χ1v) is 9.88. The number of amides is 1. The topological polar surface area (TPSA) is 79.7 Å². The van der Waals surface area contributed by atoms with Gasteiger partial charge in [0.2, 0.25) is 0 Å². The lowest BCUT2D eigenvalue weighted by Crippen LogP contribution is -2.29. The first-order valence-electron chi connectivity index (χ1n) is 9.88. The third kappa shape index (κ3) is 3.92. The number of nitrogens with zero attached hydrogens (tertiary/aromatic N) is 2. The summed E-state index contributed by atoms with van der Waals surface area (Å²) in [6.07, 6.45) is 3.31. The molecule has 1 N–H and O–H groups in total. The summed E-state index contributed by atoms with van der Waals surface area (Å²) in [5.74, 6) is -0.888. The number of carbonyl (C=O) groups excluding carboxylic acids is 2. The molecule has 0 saturated carbocycles. The van der Waals surface area contributed by atoms with Crippen LogP contribution in [0, 0.1) is 6.92 Å². The van der Waals surface area contributed by atoms with E-state index in [1.54, 1.807) is 62.0 Å². The van der Waals surface area contributed by atoms with Crippen LogP contribution in [0.4, 0.5) is 0 Å². The SMILES string of the molecule is COc1ccc(C2/C(=C(\O)c3ccc(C)cc3)C(=O)C(=O)N2Cc2cccnc2)cc1. The summed E-state index contributed by atoms with van der Waals surface area (Å²) < 4.78 is 5.23. The number of carbonyl (C=O) groups is 2. The summed E-state index contributed by atoms with van der Waals surface area (Å²) in [6, 6.07) is 17.2. The lowest BCUT2D eigenvalue weighted by molar-refractivity contribution is -0.140. The van der Waals surface area contributed by atoms with Crippen molar-refractivity contribution >= 4 is 17.4 Å². The van der Waals surface area contributed by atoms with E-state index >= 15 is 0 Å². The number of rotatable bonds is 5. The first kappa shape index (κ1) is 20.3. The molecule has 2 aromatic carbocycles. The number of likely N-dealkylation sites (tertiary alicyclic amines) is 1. The summed E-state index contributed by atoms with van der Waals surface area (Å²) in [7, 11) is 1.57. The maximum atomic E-state index is 13.0. The van der Waals surface area contributed by atoms with E-state index in [0.29, 0.717) is 16.9 Å². The number of hydrogen-bond acceptors (Lipinski definition) is 5. The van der Waals surface area contributed by atoms with Crippen LogP contribution in [0.5, 0.6) is 5.75 Å². The van der Waals surface area contributed by atoms with Crippen LogP contribution in [-0.2, 0) is 16.1 Å². The quantitative estimate of drug-likeness (QED) is 0.388. The molecule has 0 aliphatic carbocycles. The number of aliphatic hydroxyl groups excluding tert-OH is 1. The first-order chi connectivity index (χ1) is 15.0. The predicted molar refractivity (Wildman–Crippen MR) is 116 cm³/mol. The Morgan fingerprint density at radius 3 is 2.39 bits per heavy atom. The van der Waals surface area contributed by atoms with Gasteiger partial charge in [-0.05, 0) is 36.2 Å². The summed E-state index contributed by atoms with van der Waals surface area (Å²) in [5, 5.41) is 11.1. The van der Waals surface area contributed by atoms with E-state index in [1.807, 2.05) is 25.1 Å². The third-order valence-electron chi connectivity index (χ3n) is 5.37. The van der Waals surface area contributed by atoms with Gasteiger partial charge in [0, 0.05) is 24.5 Å². The summed E-state index contributed by atoms with van der Waals surface area (Å²) in [5.41, 5.74) is 3.09. The minimum Gasteiger partial charge on any atom is -0.507 e. The molecule has 4 rings (SSSR count). The van der Waals surface area contributed by atoms with Crippen molar-refractivity contribution in [3.8, 4) is 5.75 Å². The molecule has 2 heterocycles. The van der Waals surface area contributed by atoms with Crippen LogP contribution in [0.25, 0.3) is 5.76 Å². The zero-order chi connectivity index (χ0) is 22.0. The Hall–Kier alpha value is -3.93. The summed E-state index contributed by atoms with van der Waals surface area (Å²) in [6.45, 7) is 2.13. The highest BCUT2D eigenvalue weighted by atomic mass is 16.5. The minimum absolute atomic E-state index is 0.0721. The second-order valence-corrected chi connectivity index (χ2v) is 7.43. The van der Waals surface area contributed by atoms with Crippen molar-refractivity contribution in [2.45, 2.75) is 19.5 Å². The smallest absolute Gasteiger partial charge is 0.295 e. The van der Waals surface area contributed by atoms with Crippen molar-refractivity contribution in [2.24, 2.45) is 0 Å². The second-order valence-electron chi connectivity index (χ2n) is 7.43. The molecule has 0 spiro atoms. The molecule has 3 aromatic rings. The number of hydrogen-bond donors (Lipinski definition) is 1. The molecule has 6 nitrogen and oxygen atoms in total. The molecular weight excluding hydrogens is 392 g/mol. The number of Topliss-reactive ketones (excluding diaryl/α,β-unsaturated/α-hetero) is 1. The van der Waals surface area contributed by atoms with E-state index in [-0.39, 0.29) is 17.9 Å². The molecule has 1 amide bonds. The van der Waals surface area contributed by atoms with Crippen LogP contribution in [0.15, 0.2) is 78.6 Å². The number of aryl methyl sites for hydroxylation is 1. The fourth-order valence-corrected chi connectivity index (χ4v) is 3.73. The zero-order valence-corrected chi connectivity index (χ0v) is 17.3. The lowest BCUT2D eigenvalue weighted by atomic mass is 9.95. The highest BCUT2D eigenvalue weighted by Crippen LogP contribution is 2.40. The molecular formula is C25H22N2O4. The second kappa shape index (κ2) is 8.44. The fourth-order valence-electron chi connectivity index (χ4n) is 3.73. The van der Waals surface area contributed by atoms with Crippen molar-refractivity contribution in [1.29, 1.82) is 0 Å². The Labute approximate surface area is 180 Å². The normalized spacial score (nSPS) is 17.7. The molecule has 1 aliphatic rings. The average molecular weight is 414 g/mol. The van der Waals surface area contributed by atoms with Gasteiger partial charge in [0.1, 0.15) is 11.5 Å². The number of pyridine rings is 1. The number of methoxy groups -OCH3 is 1. The maximum Gasteiger partial charge on any atom is 0.295 e. The summed E-state index contributed by atoms with van der Waals surface area (Å²) >= 11 is 0. The van der Waals surface area contributed by atoms with Gasteiger partial charge in [0.15, 0.2) is 0 Å². The number of benzene rings is 2. The Bertz CT molecular complexity index is 1140. The van der Waals surface area contributed by atoms with Gasteiger partial charge in [-0.25, -0.2) is 0 Å². The Balaban J connectivity index is 1.85. The van der Waals surface area contributed by atoms with Gasteiger partial charge in [-0.3, -0.25) is 14.6 Å². The largest absolute Gasteiger partial charge is 0.507 e. The highest BCUT2D eigenvalue weighted by Gasteiger charge is 2.46. The molecule has 1 aromatic heterocycles. The van der Waals surface area contributed by atoms with E-state index in [9.17, 15) is 14.7 Å². The van der Waals surface area contributed by atoms with Crippen molar-refractivity contribution < 1.29 is 19.4 Å². The molecule has 6 heteroatoms. The van der Waals surface area contributed by atoms with E-state index in [2.05, 4.69) is 4.98 Å². The average Bonchev–Trinajstić information content (AvgIpc) is 3.05. The maximum absolute atomic E-state index is 13.0. The van der Waals surface area contributed by atoms with Gasteiger partial charge in [-0.2, -0.15) is 0 Å². The molecule has 156 valence electrons. The zero-order valence-electron chi connectivity index (χ0n) is 17.3. The van der Waals surface area contributed by atoms with Gasteiger partial charge >= 0.3 is 0 Å². The molecule has 0 bridgehead atoms. The Kier molecular flexibility index (Phi) is 5.54. The standard InChI is InChI=1S/C25H22N2O4/c1-16-5-7-19(8-6-16)23(28)21-22(18-9-11-20(31-2)12-10-18)27(25(30)24(21)29)15-17-4-3-13-26-14-17/h3-14,22,28H,15H2,1-2H3/b23-21+. The van der Waals surface area contributed by atoms with Crippen LogP contribution < -0.4 is 4.74 Å². The van der Waals surface area contributed by atoms with Gasteiger partial charge in [0.25, 0.3) is 11.7 Å². The van der Waals surface area contributed by atoms with Gasteiger partial charge in [0.05, 0.1) is 18.7 Å². The van der Waals surface area contributed by atoms with Crippen LogP contribution in [0.3, 0.4) is 0 Å². The van der Waals surface area contributed by atoms with Crippen molar-refractivity contribution in [3.63, 3.8) is 0 Å². The van der Waals surface area contributed by atoms with Gasteiger partial charge < -0.3 is 14.7 Å². The minimum atomic E-state index is -0.729. The van der Waals surface area contributed by atoms with Crippen molar-refractivity contribution in [2.75, 3.05) is 7.11 Å². The van der Waals surface area contributed by atoms with Crippen LogP contribution in [-0.4, -0.2) is 33.8 Å². The van der Waals surface area contributed by atoms with E-state index < -0.39 is 17.7 Å². The molecule has 1 atom stereocenters. The lowest BCUT2D eigenvalue weighted by Gasteiger charge is -2.25. The molecule has 1 fully saturated rings. The van der Waals surface area contributed by atoms with E-state index in [1.165, 1.54) is 4.90 Å². The Morgan fingerprint density at radius 2 is 1.77 bits per heavy atom. The molecule has 1 aliphatic heterocycles. The monoisotopic (exact) mass is 414 g/mol. The fraction of sp³-hybridized carbons (Fsp3) is 0.160.